The summed E-state index contributed by atoms with van der Waals surface area (Å²) in [6.07, 6.45) is 1.37. The number of aryl methyl sites for hydroxylation is 1. The maximum absolute atomic E-state index is 11.4. The maximum Gasteiger partial charge on any atom is 0.305 e. The fourth-order valence-corrected chi connectivity index (χ4v) is 3.02. The Morgan fingerprint density at radius 1 is 1.38 bits per heavy atom. The average Bonchev–Trinajstić information content (AvgIpc) is 3.03. The first-order valence-electron chi connectivity index (χ1n) is 8.02. The molecule has 1 atom stereocenters. The van der Waals surface area contributed by atoms with Gasteiger partial charge in [-0.1, -0.05) is 12.1 Å². The molecule has 1 unspecified atom stereocenters. The topological polar surface area (TPSA) is 75.5 Å². The predicted octanol–water partition coefficient (Wildman–Crippen LogP) is 2.55. The lowest BCUT2D eigenvalue weighted by Gasteiger charge is -2.18. The van der Waals surface area contributed by atoms with Crippen molar-refractivity contribution in [1.82, 2.24) is 9.97 Å². The number of aromatic hydroxyl groups is 1. The minimum absolute atomic E-state index is 0.166. The molecule has 1 aromatic heterocycles. The first-order chi connectivity index (χ1) is 11.6. The zero-order valence-corrected chi connectivity index (χ0v) is 13.9. The third kappa shape index (κ3) is 3.48. The van der Waals surface area contributed by atoms with Gasteiger partial charge in [0.05, 0.1) is 19.1 Å². The van der Waals surface area contributed by atoms with Gasteiger partial charge in [0.2, 0.25) is 0 Å². The molecule has 6 heteroatoms. The Labute approximate surface area is 141 Å². The zero-order valence-electron chi connectivity index (χ0n) is 13.9. The van der Waals surface area contributed by atoms with Crippen LogP contribution >= 0.6 is 0 Å². The Morgan fingerprint density at radius 2 is 2.17 bits per heavy atom. The Morgan fingerprint density at radius 3 is 2.92 bits per heavy atom. The number of anilines is 1. The van der Waals surface area contributed by atoms with Crippen LogP contribution in [0.2, 0.25) is 0 Å². The lowest BCUT2D eigenvalue weighted by molar-refractivity contribution is -0.141. The van der Waals surface area contributed by atoms with Gasteiger partial charge in [0, 0.05) is 24.8 Å². The SMILES string of the molecule is COC(=O)CC1CCN(c2cc(C)nc(-c3ccccc3O)n2)C1. The van der Waals surface area contributed by atoms with E-state index in [1.54, 1.807) is 18.2 Å². The largest absolute Gasteiger partial charge is 0.507 e. The molecule has 0 amide bonds. The van der Waals surface area contributed by atoms with E-state index in [1.165, 1.54) is 7.11 Å². The van der Waals surface area contributed by atoms with Crippen LogP contribution in [0.4, 0.5) is 5.82 Å². The van der Waals surface area contributed by atoms with Gasteiger partial charge in [0.25, 0.3) is 0 Å². The van der Waals surface area contributed by atoms with Gasteiger partial charge < -0.3 is 14.7 Å². The Kier molecular flexibility index (Phi) is 4.64. The summed E-state index contributed by atoms with van der Waals surface area (Å²) in [5.41, 5.74) is 1.46. The van der Waals surface area contributed by atoms with E-state index >= 15 is 0 Å². The zero-order chi connectivity index (χ0) is 17.1. The normalized spacial score (nSPS) is 17.1. The fraction of sp³-hybridized carbons (Fsp3) is 0.389. The fourth-order valence-electron chi connectivity index (χ4n) is 3.02. The summed E-state index contributed by atoms with van der Waals surface area (Å²) < 4.78 is 4.75. The van der Waals surface area contributed by atoms with E-state index in [2.05, 4.69) is 14.9 Å². The first-order valence-corrected chi connectivity index (χ1v) is 8.02. The summed E-state index contributed by atoms with van der Waals surface area (Å²) in [4.78, 5) is 22.7. The number of aromatic nitrogens is 2. The van der Waals surface area contributed by atoms with Crippen molar-refractivity contribution in [2.75, 3.05) is 25.1 Å². The highest BCUT2D eigenvalue weighted by Crippen LogP contribution is 2.30. The van der Waals surface area contributed by atoms with Crippen LogP contribution in [0.5, 0.6) is 5.75 Å². The molecule has 0 saturated carbocycles. The number of phenolic OH excluding ortho intramolecular Hbond substituents is 1. The van der Waals surface area contributed by atoms with Crippen molar-refractivity contribution in [3.05, 3.63) is 36.0 Å². The number of hydrogen-bond acceptors (Lipinski definition) is 6. The highest BCUT2D eigenvalue weighted by molar-refractivity contribution is 5.70. The van der Waals surface area contributed by atoms with Crippen LogP contribution in [0.3, 0.4) is 0 Å². The molecule has 1 aliphatic rings. The van der Waals surface area contributed by atoms with Crippen LogP contribution < -0.4 is 4.90 Å². The minimum atomic E-state index is -0.171. The van der Waals surface area contributed by atoms with Crippen molar-refractivity contribution in [2.24, 2.45) is 5.92 Å². The first kappa shape index (κ1) is 16.2. The highest BCUT2D eigenvalue weighted by Gasteiger charge is 2.26. The Hall–Kier alpha value is -2.63. The van der Waals surface area contributed by atoms with Gasteiger partial charge in [-0.05, 0) is 31.4 Å². The summed E-state index contributed by atoms with van der Waals surface area (Å²) in [7, 11) is 1.42. The van der Waals surface area contributed by atoms with E-state index in [-0.39, 0.29) is 17.6 Å². The molecule has 0 radical (unpaired) electrons. The molecular formula is C18H21N3O3. The molecule has 0 aliphatic carbocycles. The second kappa shape index (κ2) is 6.86. The monoisotopic (exact) mass is 327 g/mol. The van der Waals surface area contributed by atoms with Crippen LogP contribution in [-0.4, -0.2) is 41.2 Å². The molecule has 2 aromatic rings. The molecule has 126 valence electrons. The molecule has 1 aliphatic heterocycles. The third-order valence-electron chi connectivity index (χ3n) is 4.28. The van der Waals surface area contributed by atoms with Crippen LogP contribution in [0, 0.1) is 12.8 Å². The lowest BCUT2D eigenvalue weighted by Crippen LogP contribution is -2.22. The molecule has 1 saturated heterocycles. The summed E-state index contributed by atoms with van der Waals surface area (Å²) in [5, 5.41) is 10.0. The number of nitrogens with zero attached hydrogens (tertiary/aromatic N) is 3. The molecule has 0 spiro atoms. The number of ether oxygens (including phenoxy) is 1. The standard InChI is InChI=1S/C18H21N3O3/c1-12-9-16(21-8-7-13(11-21)10-17(23)24-2)20-18(19-12)14-5-3-4-6-15(14)22/h3-6,9,13,22H,7-8,10-11H2,1-2H3. The Bertz CT molecular complexity index is 748. The van der Waals surface area contributed by atoms with Gasteiger partial charge in [0.15, 0.2) is 5.82 Å². The van der Waals surface area contributed by atoms with Gasteiger partial charge >= 0.3 is 5.97 Å². The second-order valence-corrected chi connectivity index (χ2v) is 6.09. The van der Waals surface area contributed by atoms with E-state index in [1.807, 2.05) is 19.1 Å². The van der Waals surface area contributed by atoms with Crippen molar-refractivity contribution in [3.63, 3.8) is 0 Å². The summed E-state index contributed by atoms with van der Waals surface area (Å²) in [5.74, 6) is 1.61. The second-order valence-electron chi connectivity index (χ2n) is 6.09. The van der Waals surface area contributed by atoms with Crippen molar-refractivity contribution < 1.29 is 14.6 Å². The quantitative estimate of drug-likeness (QED) is 0.870. The number of esters is 1. The predicted molar refractivity (Wildman–Crippen MR) is 90.8 cm³/mol. The van der Waals surface area contributed by atoms with Crippen LogP contribution in [-0.2, 0) is 9.53 Å². The van der Waals surface area contributed by atoms with Gasteiger partial charge in [0.1, 0.15) is 11.6 Å². The summed E-state index contributed by atoms with van der Waals surface area (Å²) >= 11 is 0. The van der Waals surface area contributed by atoms with Gasteiger partial charge in [-0.2, -0.15) is 0 Å². The van der Waals surface area contributed by atoms with Crippen LogP contribution in [0.25, 0.3) is 11.4 Å². The summed E-state index contributed by atoms with van der Waals surface area (Å²) in [6, 6.07) is 8.99. The van der Waals surface area contributed by atoms with E-state index in [4.69, 9.17) is 4.74 Å². The van der Waals surface area contributed by atoms with E-state index in [0.29, 0.717) is 17.8 Å². The molecule has 6 nitrogen and oxygen atoms in total. The average molecular weight is 327 g/mol. The Balaban J connectivity index is 1.83. The van der Waals surface area contributed by atoms with E-state index < -0.39 is 0 Å². The van der Waals surface area contributed by atoms with Crippen molar-refractivity contribution in [2.45, 2.75) is 19.8 Å². The lowest BCUT2D eigenvalue weighted by atomic mass is 10.1. The van der Waals surface area contributed by atoms with Gasteiger partial charge in [-0.25, -0.2) is 9.97 Å². The van der Waals surface area contributed by atoms with Crippen molar-refractivity contribution in [3.8, 4) is 17.1 Å². The molecule has 2 heterocycles. The van der Waals surface area contributed by atoms with Gasteiger partial charge in [-0.15, -0.1) is 0 Å². The van der Waals surface area contributed by atoms with E-state index in [0.717, 1.165) is 31.0 Å². The highest BCUT2D eigenvalue weighted by atomic mass is 16.5. The van der Waals surface area contributed by atoms with Crippen molar-refractivity contribution >= 4 is 11.8 Å². The number of benzene rings is 1. The molecule has 1 N–H and O–H groups in total. The number of para-hydroxylation sites is 1. The molecule has 1 aromatic carbocycles. The molecular weight excluding hydrogens is 306 g/mol. The number of hydrogen-bond donors (Lipinski definition) is 1. The van der Waals surface area contributed by atoms with Gasteiger partial charge in [-0.3, -0.25) is 4.79 Å². The smallest absolute Gasteiger partial charge is 0.305 e. The molecule has 24 heavy (non-hydrogen) atoms. The maximum atomic E-state index is 11.4. The number of phenols is 1. The third-order valence-corrected chi connectivity index (χ3v) is 4.28. The minimum Gasteiger partial charge on any atom is -0.507 e. The molecule has 0 bridgehead atoms. The number of carbonyl (C=O) groups excluding carboxylic acids is 1. The van der Waals surface area contributed by atoms with E-state index in [9.17, 15) is 9.90 Å². The molecule has 3 rings (SSSR count). The number of rotatable bonds is 4. The van der Waals surface area contributed by atoms with Crippen LogP contribution in [0.1, 0.15) is 18.5 Å². The number of carbonyl (C=O) groups is 1. The van der Waals surface area contributed by atoms with Crippen molar-refractivity contribution in [1.29, 1.82) is 0 Å². The summed E-state index contributed by atoms with van der Waals surface area (Å²) in [6.45, 7) is 3.53. The van der Waals surface area contributed by atoms with Crippen LogP contribution in [0.15, 0.2) is 30.3 Å². The number of methoxy groups -OCH3 is 1. The molecule has 1 fully saturated rings.